The number of piperidine rings is 1. The summed E-state index contributed by atoms with van der Waals surface area (Å²) in [5.74, 6) is 0.441. The van der Waals surface area contributed by atoms with E-state index in [0.717, 1.165) is 19.4 Å². The average molecular weight is 242 g/mol. The van der Waals surface area contributed by atoms with Crippen molar-refractivity contribution >= 4 is 10.0 Å². The summed E-state index contributed by atoms with van der Waals surface area (Å²) in [5.41, 5.74) is 0. The van der Waals surface area contributed by atoms with Gasteiger partial charge in [-0.3, -0.25) is 0 Å². The van der Waals surface area contributed by atoms with Crippen LogP contribution in [0, 0.1) is 5.92 Å². The molecule has 1 aromatic heterocycles. The molecule has 1 aliphatic heterocycles. The molecule has 0 N–H and O–H groups in total. The number of rotatable bonds is 3. The normalized spacial score (nSPS) is 23.4. The predicted octanol–water partition coefficient (Wildman–Crippen LogP) is 1.16. The maximum atomic E-state index is 11.5. The summed E-state index contributed by atoms with van der Waals surface area (Å²) in [4.78, 5) is 0. The van der Waals surface area contributed by atoms with Gasteiger partial charge in [0.25, 0.3) is 0 Å². The van der Waals surface area contributed by atoms with Gasteiger partial charge in [0.15, 0.2) is 0 Å². The van der Waals surface area contributed by atoms with Gasteiger partial charge in [0.1, 0.15) is 0 Å². The highest BCUT2D eigenvalue weighted by Crippen LogP contribution is 2.20. The van der Waals surface area contributed by atoms with E-state index in [-0.39, 0.29) is 0 Å². The molecule has 16 heavy (non-hydrogen) atoms. The molecule has 1 atom stereocenters. The second-order valence-electron chi connectivity index (χ2n) is 4.51. The molecule has 0 radical (unpaired) electrons. The first kappa shape index (κ1) is 11.7. The van der Waals surface area contributed by atoms with Crippen LogP contribution in [0.25, 0.3) is 0 Å². The zero-order valence-electron chi connectivity index (χ0n) is 9.54. The van der Waals surface area contributed by atoms with Crippen LogP contribution in [0.1, 0.15) is 12.8 Å². The highest BCUT2D eigenvalue weighted by molar-refractivity contribution is 7.88. The standard InChI is InChI=1S/C11H18N2O2S/c1-16(14,15)13-8-4-5-11(10-13)9-12-6-2-3-7-12/h2-3,6-7,11H,4-5,8-10H2,1H3. The summed E-state index contributed by atoms with van der Waals surface area (Å²) in [6.07, 6.45) is 7.44. The van der Waals surface area contributed by atoms with Crippen LogP contribution in [0.15, 0.2) is 24.5 Å². The molecule has 2 rings (SSSR count). The van der Waals surface area contributed by atoms with E-state index in [4.69, 9.17) is 0 Å². The third-order valence-corrected chi connectivity index (χ3v) is 4.36. The molecule has 0 amide bonds. The monoisotopic (exact) mass is 242 g/mol. The van der Waals surface area contributed by atoms with E-state index in [0.29, 0.717) is 19.0 Å². The first-order valence-electron chi connectivity index (χ1n) is 5.61. The Morgan fingerprint density at radius 2 is 2.00 bits per heavy atom. The summed E-state index contributed by atoms with van der Waals surface area (Å²) >= 11 is 0. The lowest BCUT2D eigenvalue weighted by molar-refractivity contribution is 0.246. The van der Waals surface area contributed by atoms with Crippen molar-refractivity contribution < 1.29 is 8.42 Å². The van der Waals surface area contributed by atoms with Crippen LogP contribution >= 0.6 is 0 Å². The quantitative estimate of drug-likeness (QED) is 0.798. The van der Waals surface area contributed by atoms with Crippen molar-refractivity contribution in [2.24, 2.45) is 5.92 Å². The first-order chi connectivity index (χ1) is 7.55. The minimum atomic E-state index is -3.01. The Labute approximate surface area is 96.9 Å². The van der Waals surface area contributed by atoms with Crippen molar-refractivity contribution in [1.82, 2.24) is 8.87 Å². The molecule has 0 bridgehead atoms. The maximum absolute atomic E-state index is 11.5. The van der Waals surface area contributed by atoms with Gasteiger partial charge in [-0.2, -0.15) is 0 Å². The van der Waals surface area contributed by atoms with E-state index in [9.17, 15) is 8.42 Å². The number of nitrogens with zero attached hydrogens (tertiary/aromatic N) is 2. The largest absolute Gasteiger partial charge is 0.354 e. The highest BCUT2D eigenvalue weighted by atomic mass is 32.2. The fourth-order valence-electron chi connectivity index (χ4n) is 2.27. The van der Waals surface area contributed by atoms with Crippen molar-refractivity contribution in [3.8, 4) is 0 Å². The number of sulfonamides is 1. The summed E-state index contributed by atoms with van der Waals surface area (Å²) in [6, 6.07) is 3.99. The molecule has 0 saturated carbocycles. The molecule has 90 valence electrons. The van der Waals surface area contributed by atoms with Gasteiger partial charge in [0.2, 0.25) is 10.0 Å². The van der Waals surface area contributed by atoms with Crippen molar-refractivity contribution in [2.75, 3.05) is 19.3 Å². The minimum absolute atomic E-state index is 0.441. The van der Waals surface area contributed by atoms with Gasteiger partial charge < -0.3 is 4.57 Å². The van der Waals surface area contributed by atoms with Crippen LogP contribution in [0.4, 0.5) is 0 Å². The molecule has 1 saturated heterocycles. The fourth-order valence-corrected chi connectivity index (χ4v) is 3.21. The molecule has 0 spiro atoms. The minimum Gasteiger partial charge on any atom is -0.354 e. The average Bonchev–Trinajstić information content (AvgIpc) is 2.70. The maximum Gasteiger partial charge on any atom is 0.211 e. The molecule has 5 heteroatoms. The van der Waals surface area contributed by atoms with E-state index in [1.807, 2.05) is 24.5 Å². The number of hydrogen-bond donors (Lipinski definition) is 0. The molecular formula is C11H18N2O2S. The number of hydrogen-bond acceptors (Lipinski definition) is 2. The van der Waals surface area contributed by atoms with Crippen molar-refractivity contribution in [2.45, 2.75) is 19.4 Å². The van der Waals surface area contributed by atoms with Gasteiger partial charge in [-0.1, -0.05) is 0 Å². The molecule has 0 aliphatic carbocycles. The molecule has 0 aromatic carbocycles. The first-order valence-corrected chi connectivity index (χ1v) is 7.46. The van der Waals surface area contributed by atoms with Gasteiger partial charge in [-0.05, 0) is 30.9 Å². The Balaban J connectivity index is 1.97. The van der Waals surface area contributed by atoms with Crippen LogP contribution in [0.2, 0.25) is 0 Å². The predicted molar refractivity (Wildman–Crippen MR) is 63.6 cm³/mol. The Morgan fingerprint density at radius 3 is 2.62 bits per heavy atom. The smallest absolute Gasteiger partial charge is 0.211 e. The van der Waals surface area contributed by atoms with Gasteiger partial charge in [-0.25, -0.2) is 12.7 Å². The lowest BCUT2D eigenvalue weighted by atomic mass is 10.00. The van der Waals surface area contributed by atoms with E-state index in [1.165, 1.54) is 6.26 Å². The molecule has 1 aromatic rings. The molecule has 1 unspecified atom stereocenters. The molecule has 1 aliphatic rings. The van der Waals surface area contributed by atoms with Crippen molar-refractivity contribution in [1.29, 1.82) is 0 Å². The third-order valence-electron chi connectivity index (χ3n) is 3.09. The van der Waals surface area contributed by atoms with Gasteiger partial charge in [0, 0.05) is 32.0 Å². The molecule has 2 heterocycles. The van der Waals surface area contributed by atoms with Crippen LogP contribution in [0.3, 0.4) is 0 Å². The summed E-state index contributed by atoms with van der Waals surface area (Å²) in [5, 5.41) is 0. The van der Waals surface area contributed by atoms with E-state index >= 15 is 0 Å². The van der Waals surface area contributed by atoms with Crippen LogP contribution in [-0.4, -0.2) is 36.6 Å². The van der Waals surface area contributed by atoms with E-state index in [1.54, 1.807) is 4.31 Å². The Bertz CT molecular complexity index is 425. The Hall–Kier alpha value is -0.810. The van der Waals surface area contributed by atoms with Gasteiger partial charge >= 0.3 is 0 Å². The topological polar surface area (TPSA) is 42.3 Å². The van der Waals surface area contributed by atoms with Crippen molar-refractivity contribution in [3.05, 3.63) is 24.5 Å². The summed E-state index contributed by atoms with van der Waals surface area (Å²) < 4.78 is 26.6. The second-order valence-corrected chi connectivity index (χ2v) is 6.49. The molecule has 1 fully saturated rings. The number of aromatic nitrogens is 1. The van der Waals surface area contributed by atoms with E-state index in [2.05, 4.69) is 4.57 Å². The zero-order chi connectivity index (χ0) is 11.6. The van der Waals surface area contributed by atoms with Gasteiger partial charge in [-0.15, -0.1) is 0 Å². The third kappa shape index (κ3) is 2.86. The lowest BCUT2D eigenvalue weighted by Gasteiger charge is -2.31. The fraction of sp³-hybridized carbons (Fsp3) is 0.636. The summed E-state index contributed by atoms with van der Waals surface area (Å²) in [6.45, 7) is 2.26. The van der Waals surface area contributed by atoms with E-state index < -0.39 is 10.0 Å². The zero-order valence-corrected chi connectivity index (χ0v) is 10.4. The SMILES string of the molecule is CS(=O)(=O)N1CCCC(Cn2cccc2)C1. The molecular weight excluding hydrogens is 224 g/mol. The van der Waals surface area contributed by atoms with Gasteiger partial charge in [0.05, 0.1) is 6.26 Å². The Morgan fingerprint density at radius 1 is 1.31 bits per heavy atom. The highest BCUT2D eigenvalue weighted by Gasteiger charge is 2.25. The van der Waals surface area contributed by atoms with Crippen LogP contribution in [-0.2, 0) is 16.6 Å². The lowest BCUT2D eigenvalue weighted by Crippen LogP contribution is -2.40. The second kappa shape index (κ2) is 4.59. The van der Waals surface area contributed by atoms with Crippen LogP contribution in [0.5, 0.6) is 0 Å². The van der Waals surface area contributed by atoms with Crippen LogP contribution < -0.4 is 0 Å². The summed E-state index contributed by atoms with van der Waals surface area (Å²) in [7, 11) is -3.01. The van der Waals surface area contributed by atoms with Crippen molar-refractivity contribution in [3.63, 3.8) is 0 Å². The Kier molecular flexibility index (Phi) is 3.35. The molecule has 4 nitrogen and oxygen atoms in total.